The van der Waals surface area contributed by atoms with Crippen LogP contribution in [0.1, 0.15) is 44.6 Å². The van der Waals surface area contributed by atoms with Crippen molar-refractivity contribution in [1.82, 2.24) is 10.2 Å². The van der Waals surface area contributed by atoms with Gasteiger partial charge in [0.05, 0.1) is 16.9 Å². The first-order chi connectivity index (χ1) is 17.6. The minimum absolute atomic E-state index is 0.00682. The van der Waals surface area contributed by atoms with Crippen LogP contribution >= 0.6 is 0 Å². The fourth-order valence-corrected chi connectivity index (χ4v) is 5.36. The Morgan fingerprint density at radius 1 is 1.08 bits per heavy atom. The lowest BCUT2D eigenvalue weighted by Crippen LogP contribution is -2.53. The zero-order valence-corrected chi connectivity index (χ0v) is 22.0. The molecule has 2 aromatic rings. The van der Waals surface area contributed by atoms with Gasteiger partial charge in [-0.25, -0.2) is 8.42 Å². The van der Waals surface area contributed by atoms with Crippen molar-refractivity contribution >= 4 is 33.2 Å². The molecule has 0 aromatic heterocycles. The molecule has 0 heterocycles. The summed E-state index contributed by atoms with van der Waals surface area (Å²) in [6.45, 7) is 1.25. The third-order valence-corrected chi connectivity index (χ3v) is 7.75. The Balaban J connectivity index is 1.84. The number of carbonyl (C=O) groups excluding carboxylic acids is 2. The van der Waals surface area contributed by atoms with E-state index >= 15 is 0 Å². The average molecular weight is 531 g/mol. The van der Waals surface area contributed by atoms with Gasteiger partial charge in [0.1, 0.15) is 12.6 Å². The van der Waals surface area contributed by atoms with Crippen molar-refractivity contribution in [2.45, 2.75) is 57.5 Å². The number of sulfonamides is 1. The highest BCUT2D eigenvalue weighted by Gasteiger charge is 2.31. The first kappa shape index (κ1) is 28.1. The van der Waals surface area contributed by atoms with Gasteiger partial charge in [0, 0.05) is 24.7 Å². The van der Waals surface area contributed by atoms with Gasteiger partial charge in [-0.1, -0.05) is 55.7 Å². The normalized spacial score (nSPS) is 15.0. The van der Waals surface area contributed by atoms with Crippen LogP contribution in [0, 0.1) is 10.1 Å². The van der Waals surface area contributed by atoms with Crippen molar-refractivity contribution < 1.29 is 22.9 Å². The summed E-state index contributed by atoms with van der Waals surface area (Å²) in [6, 6.07) is 13.8. The lowest BCUT2D eigenvalue weighted by atomic mass is 9.95. The Bertz CT molecular complexity index is 1200. The quantitative estimate of drug-likeness (QED) is 0.351. The maximum atomic E-state index is 13.6. The molecule has 0 aliphatic heterocycles. The lowest BCUT2D eigenvalue weighted by Gasteiger charge is -2.33. The molecule has 200 valence electrons. The fourth-order valence-electron chi connectivity index (χ4n) is 4.51. The van der Waals surface area contributed by atoms with E-state index in [1.165, 1.54) is 23.1 Å². The molecular weight excluding hydrogens is 496 g/mol. The Hall–Kier alpha value is -3.47. The number of amides is 2. The summed E-state index contributed by atoms with van der Waals surface area (Å²) in [6.07, 6.45) is 6.43. The minimum Gasteiger partial charge on any atom is -0.352 e. The molecule has 2 amide bonds. The number of benzene rings is 2. The van der Waals surface area contributed by atoms with Crippen LogP contribution in [-0.4, -0.2) is 61.5 Å². The number of nitro groups is 1. The minimum atomic E-state index is -3.96. The van der Waals surface area contributed by atoms with Gasteiger partial charge >= 0.3 is 0 Å². The van der Waals surface area contributed by atoms with Crippen molar-refractivity contribution in [1.29, 1.82) is 0 Å². The zero-order valence-electron chi connectivity index (χ0n) is 21.2. The summed E-state index contributed by atoms with van der Waals surface area (Å²) in [5, 5.41) is 14.3. The number of nitro benzene ring substituents is 1. The third-order valence-electron chi connectivity index (χ3n) is 6.61. The lowest BCUT2D eigenvalue weighted by molar-refractivity contribution is -0.384. The van der Waals surface area contributed by atoms with Crippen LogP contribution in [0.3, 0.4) is 0 Å². The highest BCUT2D eigenvalue weighted by Crippen LogP contribution is 2.24. The van der Waals surface area contributed by atoms with Crippen LogP contribution in [0.5, 0.6) is 0 Å². The van der Waals surface area contributed by atoms with Crippen LogP contribution in [0.4, 0.5) is 11.4 Å². The molecule has 0 saturated heterocycles. The summed E-state index contributed by atoms with van der Waals surface area (Å²) in [5.74, 6) is -0.853. The maximum Gasteiger partial charge on any atom is 0.271 e. The van der Waals surface area contributed by atoms with Crippen LogP contribution in [-0.2, 0) is 26.0 Å². The van der Waals surface area contributed by atoms with E-state index in [0.717, 1.165) is 54.3 Å². The largest absolute Gasteiger partial charge is 0.352 e. The molecule has 1 atom stereocenters. The molecule has 3 rings (SSSR count). The van der Waals surface area contributed by atoms with Crippen molar-refractivity contribution in [3.63, 3.8) is 0 Å². The maximum absolute atomic E-state index is 13.6. The van der Waals surface area contributed by atoms with E-state index in [9.17, 15) is 28.1 Å². The number of hydrogen-bond donors (Lipinski definition) is 1. The molecule has 1 aliphatic carbocycles. The standard InChI is InChI=1S/C26H34N4O6S/c1-20(26(32)27-22-12-7-4-8-13-22)28(17-16-21-10-5-3-6-11-21)25(31)19-29(37(2,35)36)23-14-9-15-24(18-23)30(33)34/h3,5-6,9-11,14-15,18,20,22H,4,7-8,12-13,16-17,19H2,1-2H3,(H,27,32)/t20-/m0/s1. The molecule has 11 heteroatoms. The highest BCUT2D eigenvalue weighted by atomic mass is 32.2. The van der Waals surface area contributed by atoms with Crippen LogP contribution in [0.25, 0.3) is 0 Å². The molecule has 37 heavy (non-hydrogen) atoms. The Morgan fingerprint density at radius 2 is 1.76 bits per heavy atom. The number of nitrogens with zero attached hydrogens (tertiary/aromatic N) is 3. The predicted molar refractivity (Wildman–Crippen MR) is 142 cm³/mol. The van der Waals surface area contributed by atoms with Crippen LogP contribution in [0.15, 0.2) is 54.6 Å². The van der Waals surface area contributed by atoms with E-state index in [4.69, 9.17) is 0 Å². The highest BCUT2D eigenvalue weighted by molar-refractivity contribution is 7.92. The predicted octanol–water partition coefficient (Wildman–Crippen LogP) is 3.27. The van der Waals surface area contributed by atoms with Gasteiger partial charge in [-0.15, -0.1) is 0 Å². The second kappa shape index (κ2) is 12.7. The van der Waals surface area contributed by atoms with Crippen LogP contribution < -0.4 is 9.62 Å². The molecule has 1 fully saturated rings. The molecule has 0 unspecified atom stereocenters. The van der Waals surface area contributed by atoms with Gasteiger partial charge in [0.15, 0.2) is 0 Å². The Kier molecular flexibility index (Phi) is 9.62. The molecule has 10 nitrogen and oxygen atoms in total. The Labute approximate surface area is 217 Å². The first-order valence-corrected chi connectivity index (χ1v) is 14.3. The van der Waals surface area contributed by atoms with Crippen molar-refractivity contribution in [2.75, 3.05) is 23.7 Å². The zero-order chi connectivity index (χ0) is 27.0. The summed E-state index contributed by atoms with van der Waals surface area (Å²) in [5.41, 5.74) is 0.686. The summed E-state index contributed by atoms with van der Waals surface area (Å²) >= 11 is 0. The number of non-ortho nitro benzene ring substituents is 1. The smallest absolute Gasteiger partial charge is 0.271 e. The first-order valence-electron chi connectivity index (χ1n) is 12.4. The molecule has 2 aromatic carbocycles. The topological polar surface area (TPSA) is 130 Å². The molecular formula is C26H34N4O6S. The van der Waals surface area contributed by atoms with Crippen molar-refractivity contribution in [3.8, 4) is 0 Å². The van der Waals surface area contributed by atoms with Crippen molar-refractivity contribution in [2.24, 2.45) is 0 Å². The number of nitrogens with one attached hydrogen (secondary N) is 1. The van der Waals surface area contributed by atoms with E-state index < -0.39 is 33.4 Å². The number of hydrogen-bond acceptors (Lipinski definition) is 6. The van der Waals surface area contributed by atoms with Gasteiger partial charge in [0.25, 0.3) is 5.69 Å². The average Bonchev–Trinajstić information content (AvgIpc) is 2.87. The van der Waals surface area contributed by atoms with Gasteiger partial charge in [-0.05, 0) is 37.8 Å². The summed E-state index contributed by atoms with van der Waals surface area (Å²) in [7, 11) is -3.96. The van der Waals surface area contributed by atoms with Crippen LogP contribution in [0.2, 0.25) is 0 Å². The van der Waals surface area contributed by atoms with E-state index in [1.807, 2.05) is 30.3 Å². The summed E-state index contributed by atoms with van der Waals surface area (Å²) < 4.78 is 26.1. The second-order valence-electron chi connectivity index (χ2n) is 9.39. The Morgan fingerprint density at radius 3 is 2.38 bits per heavy atom. The molecule has 1 aliphatic rings. The fraction of sp³-hybridized carbons (Fsp3) is 0.462. The monoisotopic (exact) mass is 530 g/mol. The third kappa shape index (κ3) is 8.01. The van der Waals surface area contributed by atoms with Crippen molar-refractivity contribution in [3.05, 3.63) is 70.3 Å². The number of anilines is 1. The number of carbonyl (C=O) groups is 2. The second-order valence-corrected chi connectivity index (χ2v) is 11.3. The molecule has 0 radical (unpaired) electrons. The van der Waals surface area contributed by atoms with E-state index in [0.29, 0.717) is 6.42 Å². The van der Waals surface area contributed by atoms with E-state index in [2.05, 4.69) is 5.32 Å². The molecule has 0 spiro atoms. The molecule has 1 N–H and O–H groups in total. The van der Waals surface area contributed by atoms with E-state index in [1.54, 1.807) is 6.92 Å². The summed E-state index contributed by atoms with van der Waals surface area (Å²) in [4.78, 5) is 38.7. The SMILES string of the molecule is C[C@@H](C(=O)NC1CCCCC1)N(CCc1ccccc1)C(=O)CN(c1cccc([N+](=O)[O-])c1)S(C)(=O)=O. The molecule has 0 bridgehead atoms. The van der Waals surface area contributed by atoms with E-state index in [-0.39, 0.29) is 29.9 Å². The van der Waals surface area contributed by atoms with Gasteiger partial charge < -0.3 is 10.2 Å². The number of rotatable bonds is 11. The molecule has 1 saturated carbocycles. The van der Waals surface area contributed by atoms with Gasteiger partial charge in [-0.2, -0.15) is 0 Å². The van der Waals surface area contributed by atoms with Gasteiger partial charge in [-0.3, -0.25) is 24.0 Å². The van der Waals surface area contributed by atoms with Gasteiger partial charge in [0.2, 0.25) is 21.8 Å².